The lowest BCUT2D eigenvalue weighted by Gasteiger charge is -2.36. The van der Waals surface area contributed by atoms with Crippen LogP contribution in [0.1, 0.15) is 35.8 Å². The van der Waals surface area contributed by atoms with E-state index in [2.05, 4.69) is 23.1 Å². The fraction of sp³-hybridized carbons (Fsp3) is 0.308. The van der Waals surface area contributed by atoms with Crippen molar-refractivity contribution < 1.29 is 17.9 Å². The molecule has 0 unspecified atom stereocenters. The van der Waals surface area contributed by atoms with Crippen molar-refractivity contribution in [3.05, 3.63) is 89.5 Å². The highest BCUT2D eigenvalue weighted by Crippen LogP contribution is 2.47. The molecule has 0 radical (unpaired) electrons. The predicted molar refractivity (Wildman–Crippen MR) is 127 cm³/mol. The Hall–Kier alpha value is -2.87. The summed E-state index contributed by atoms with van der Waals surface area (Å²) in [6.45, 7) is 3.60. The summed E-state index contributed by atoms with van der Waals surface area (Å²) < 4.78 is 40.6. The highest BCUT2D eigenvalue weighted by Gasteiger charge is 2.48. The molecule has 2 heterocycles. The van der Waals surface area contributed by atoms with Gasteiger partial charge in [0.2, 0.25) is 10.0 Å². The van der Waals surface area contributed by atoms with E-state index in [4.69, 9.17) is 9.47 Å². The molecule has 0 aliphatic carbocycles. The summed E-state index contributed by atoms with van der Waals surface area (Å²) in [5.41, 5.74) is 3.37. The summed E-state index contributed by atoms with van der Waals surface area (Å²) in [7, 11) is -2.11. The van der Waals surface area contributed by atoms with E-state index in [0.29, 0.717) is 29.5 Å². The first kappa shape index (κ1) is 21.9. The topological polar surface area (TPSA) is 59.1 Å². The molecule has 0 spiro atoms. The van der Waals surface area contributed by atoms with Crippen LogP contribution >= 0.6 is 0 Å². The molecule has 0 saturated carbocycles. The maximum Gasteiger partial charge on any atom is 0.244 e. The van der Waals surface area contributed by atoms with E-state index in [0.717, 1.165) is 18.5 Å². The molecule has 0 aromatic heterocycles. The fourth-order valence-electron chi connectivity index (χ4n) is 5.04. The molecular weight excluding hydrogens is 436 g/mol. The van der Waals surface area contributed by atoms with Gasteiger partial charge in [-0.3, -0.25) is 4.90 Å². The van der Waals surface area contributed by atoms with Gasteiger partial charge in [0.1, 0.15) is 6.17 Å². The van der Waals surface area contributed by atoms with E-state index in [1.54, 1.807) is 35.7 Å². The van der Waals surface area contributed by atoms with Crippen molar-refractivity contribution in [2.75, 3.05) is 26.8 Å². The van der Waals surface area contributed by atoms with Gasteiger partial charge < -0.3 is 9.47 Å². The molecular formula is C26H28N2O4S. The first-order chi connectivity index (χ1) is 16.0. The molecule has 0 amide bonds. The van der Waals surface area contributed by atoms with Crippen molar-refractivity contribution in [1.82, 2.24) is 9.21 Å². The number of hydrogen-bond donors (Lipinski definition) is 0. The SMILES string of the molecule is CCOc1cc([C@H]2N3CCc4ccccc4[C@@H]3CN2S(=O)(=O)c2ccccc2)ccc1OC. The minimum atomic E-state index is -3.72. The summed E-state index contributed by atoms with van der Waals surface area (Å²) in [6, 6.07) is 22.8. The van der Waals surface area contributed by atoms with Gasteiger partial charge in [0, 0.05) is 13.1 Å². The largest absolute Gasteiger partial charge is 0.493 e. The summed E-state index contributed by atoms with van der Waals surface area (Å²) in [6.07, 6.45) is 0.454. The zero-order valence-electron chi connectivity index (χ0n) is 18.8. The van der Waals surface area contributed by atoms with Crippen LogP contribution in [0, 0.1) is 0 Å². The van der Waals surface area contributed by atoms with Crippen LogP contribution in [-0.2, 0) is 16.4 Å². The first-order valence-electron chi connectivity index (χ1n) is 11.3. The molecule has 2 atom stereocenters. The number of fused-ring (bicyclic) bond motifs is 3. The number of methoxy groups -OCH3 is 1. The Morgan fingerprint density at radius 3 is 2.48 bits per heavy atom. The number of sulfonamides is 1. The maximum absolute atomic E-state index is 13.9. The fourth-order valence-corrected chi connectivity index (χ4v) is 6.66. The summed E-state index contributed by atoms with van der Waals surface area (Å²) in [5.74, 6) is 1.26. The number of benzene rings is 3. The van der Waals surface area contributed by atoms with Crippen molar-refractivity contribution in [2.24, 2.45) is 0 Å². The minimum absolute atomic E-state index is 0.00363. The third-order valence-electron chi connectivity index (χ3n) is 6.53. The van der Waals surface area contributed by atoms with Crippen LogP contribution in [0.25, 0.3) is 0 Å². The Labute approximate surface area is 195 Å². The van der Waals surface area contributed by atoms with Gasteiger partial charge in [-0.2, -0.15) is 4.31 Å². The van der Waals surface area contributed by atoms with Crippen LogP contribution in [0.5, 0.6) is 11.5 Å². The quantitative estimate of drug-likeness (QED) is 0.541. The average molecular weight is 465 g/mol. The molecule has 1 fully saturated rings. The second kappa shape index (κ2) is 8.82. The van der Waals surface area contributed by atoms with E-state index < -0.39 is 16.2 Å². The van der Waals surface area contributed by atoms with E-state index in [1.807, 2.05) is 37.3 Å². The van der Waals surface area contributed by atoms with E-state index in [1.165, 1.54) is 11.1 Å². The number of ether oxygens (including phenoxy) is 2. The van der Waals surface area contributed by atoms with Gasteiger partial charge in [-0.15, -0.1) is 0 Å². The Kier molecular flexibility index (Phi) is 5.86. The highest BCUT2D eigenvalue weighted by atomic mass is 32.2. The van der Waals surface area contributed by atoms with Crippen LogP contribution < -0.4 is 9.47 Å². The summed E-state index contributed by atoms with van der Waals surface area (Å²) in [4.78, 5) is 2.61. The zero-order chi connectivity index (χ0) is 23.0. The van der Waals surface area contributed by atoms with Crippen LogP contribution in [0.15, 0.2) is 77.7 Å². The van der Waals surface area contributed by atoms with Crippen LogP contribution in [0.4, 0.5) is 0 Å². The smallest absolute Gasteiger partial charge is 0.244 e. The Morgan fingerprint density at radius 1 is 0.970 bits per heavy atom. The molecule has 1 saturated heterocycles. The second-order valence-electron chi connectivity index (χ2n) is 8.31. The molecule has 2 aliphatic rings. The lowest BCUT2D eigenvalue weighted by Crippen LogP contribution is -2.37. The molecule has 2 aliphatic heterocycles. The van der Waals surface area contributed by atoms with Crippen molar-refractivity contribution in [3.8, 4) is 11.5 Å². The number of hydrogen-bond acceptors (Lipinski definition) is 5. The van der Waals surface area contributed by atoms with Gasteiger partial charge in [-0.1, -0.05) is 48.5 Å². The molecule has 5 rings (SSSR count). The summed E-state index contributed by atoms with van der Waals surface area (Å²) in [5, 5.41) is 0. The Balaban J connectivity index is 1.64. The Morgan fingerprint density at radius 2 is 1.73 bits per heavy atom. The predicted octanol–water partition coefficient (Wildman–Crippen LogP) is 4.40. The van der Waals surface area contributed by atoms with E-state index in [9.17, 15) is 8.42 Å². The van der Waals surface area contributed by atoms with Crippen molar-refractivity contribution in [3.63, 3.8) is 0 Å². The first-order valence-corrected chi connectivity index (χ1v) is 12.7. The van der Waals surface area contributed by atoms with Crippen molar-refractivity contribution in [2.45, 2.75) is 30.4 Å². The van der Waals surface area contributed by atoms with Crippen LogP contribution in [0.3, 0.4) is 0 Å². The van der Waals surface area contributed by atoms with Gasteiger partial charge >= 0.3 is 0 Å². The van der Waals surface area contributed by atoms with E-state index >= 15 is 0 Å². The Bertz CT molecular complexity index is 1250. The van der Waals surface area contributed by atoms with Gasteiger partial charge in [-0.05, 0) is 54.3 Å². The lowest BCUT2D eigenvalue weighted by atomic mass is 9.93. The van der Waals surface area contributed by atoms with Gasteiger partial charge in [0.05, 0.1) is 24.7 Å². The van der Waals surface area contributed by atoms with Gasteiger partial charge in [-0.25, -0.2) is 8.42 Å². The monoisotopic (exact) mass is 464 g/mol. The lowest BCUT2D eigenvalue weighted by molar-refractivity contribution is 0.154. The van der Waals surface area contributed by atoms with Crippen molar-refractivity contribution >= 4 is 10.0 Å². The normalized spacial score (nSPS) is 20.8. The van der Waals surface area contributed by atoms with Crippen LogP contribution in [-0.4, -0.2) is 44.4 Å². The third-order valence-corrected chi connectivity index (χ3v) is 8.36. The van der Waals surface area contributed by atoms with Crippen LogP contribution in [0.2, 0.25) is 0 Å². The molecule has 0 bridgehead atoms. The molecule has 0 N–H and O–H groups in total. The summed E-state index contributed by atoms with van der Waals surface area (Å²) >= 11 is 0. The third kappa shape index (κ3) is 3.80. The number of nitrogens with zero attached hydrogens (tertiary/aromatic N) is 2. The molecule has 33 heavy (non-hydrogen) atoms. The standard InChI is InChI=1S/C26H28N2O4S/c1-3-32-25-17-20(13-14-24(25)31-2)26-27-16-15-19-9-7-8-12-22(19)23(27)18-28(26)33(29,30)21-10-5-4-6-11-21/h4-14,17,23,26H,3,15-16,18H2,1-2H3/t23-,26-/m0/s1. The van der Waals surface area contributed by atoms with Gasteiger partial charge in [0.25, 0.3) is 0 Å². The van der Waals surface area contributed by atoms with Gasteiger partial charge in [0.15, 0.2) is 11.5 Å². The minimum Gasteiger partial charge on any atom is -0.493 e. The molecule has 7 heteroatoms. The van der Waals surface area contributed by atoms with E-state index in [-0.39, 0.29) is 6.04 Å². The maximum atomic E-state index is 13.9. The number of rotatable bonds is 6. The molecule has 6 nitrogen and oxygen atoms in total. The highest BCUT2D eigenvalue weighted by molar-refractivity contribution is 7.89. The van der Waals surface area contributed by atoms with Crippen molar-refractivity contribution in [1.29, 1.82) is 0 Å². The molecule has 3 aromatic rings. The molecule has 172 valence electrons. The zero-order valence-corrected chi connectivity index (χ0v) is 19.7. The second-order valence-corrected chi connectivity index (χ2v) is 10.2. The molecule has 3 aromatic carbocycles. The average Bonchev–Trinajstić information content (AvgIpc) is 3.26.